The highest BCUT2D eigenvalue weighted by atomic mass is 79.9. The Balaban J connectivity index is 3.29. The number of halogens is 1. The maximum Gasteiger partial charge on any atom is 0.241 e. The zero-order chi connectivity index (χ0) is 14.8. The second-order valence-electron chi connectivity index (χ2n) is 4.99. The van der Waals surface area contributed by atoms with Crippen LogP contribution in [0.1, 0.15) is 39.2 Å². The number of nitrogens with one attached hydrogen (secondary N) is 1. The van der Waals surface area contributed by atoms with E-state index in [0.29, 0.717) is 15.7 Å². The van der Waals surface area contributed by atoms with Gasteiger partial charge in [-0.05, 0) is 44.4 Å². The van der Waals surface area contributed by atoms with Crippen LogP contribution in [0.15, 0.2) is 21.5 Å². The van der Waals surface area contributed by atoms with E-state index in [2.05, 4.69) is 20.7 Å². The van der Waals surface area contributed by atoms with Gasteiger partial charge in [0.2, 0.25) is 10.0 Å². The van der Waals surface area contributed by atoms with Crippen molar-refractivity contribution in [3.05, 3.63) is 22.2 Å². The molecule has 0 aliphatic carbocycles. The van der Waals surface area contributed by atoms with Crippen LogP contribution in [0.5, 0.6) is 0 Å². The highest BCUT2D eigenvalue weighted by molar-refractivity contribution is 9.10. The SMILES string of the molecule is CCC(C)(CC)NS(=O)(=O)c1cc(Br)cc(N)c1C. The van der Waals surface area contributed by atoms with Gasteiger partial charge in [0.25, 0.3) is 0 Å². The second-order valence-corrected chi connectivity index (χ2v) is 7.56. The third-order valence-corrected chi connectivity index (χ3v) is 5.82. The van der Waals surface area contributed by atoms with Gasteiger partial charge in [-0.1, -0.05) is 29.8 Å². The van der Waals surface area contributed by atoms with Crippen LogP contribution in [0.4, 0.5) is 5.69 Å². The Kier molecular flexibility index (Phi) is 5.03. The lowest BCUT2D eigenvalue weighted by atomic mass is 9.98. The van der Waals surface area contributed by atoms with Crippen LogP contribution in [0.3, 0.4) is 0 Å². The fraction of sp³-hybridized carbons (Fsp3) is 0.538. The van der Waals surface area contributed by atoms with E-state index in [1.165, 1.54) is 0 Å². The van der Waals surface area contributed by atoms with Gasteiger partial charge in [0, 0.05) is 15.7 Å². The number of benzene rings is 1. The van der Waals surface area contributed by atoms with Crippen LogP contribution >= 0.6 is 15.9 Å². The standard InChI is InChI=1S/C13H21BrN2O2S/c1-5-13(4,6-2)16-19(17,18)12-8-10(14)7-11(15)9(12)3/h7-8,16H,5-6,15H2,1-4H3. The number of nitrogens with two attached hydrogens (primary N) is 1. The molecule has 6 heteroatoms. The predicted molar refractivity (Wildman–Crippen MR) is 82.6 cm³/mol. The number of hydrogen-bond acceptors (Lipinski definition) is 3. The van der Waals surface area contributed by atoms with Crippen LogP contribution in [0, 0.1) is 6.92 Å². The smallest absolute Gasteiger partial charge is 0.241 e. The van der Waals surface area contributed by atoms with Gasteiger partial charge in [-0.3, -0.25) is 0 Å². The summed E-state index contributed by atoms with van der Waals surface area (Å²) in [5, 5.41) is 0. The van der Waals surface area contributed by atoms with Crippen molar-refractivity contribution in [3.63, 3.8) is 0 Å². The minimum atomic E-state index is -3.58. The second kappa shape index (κ2) is 5.81. The molecule has 0 aromatic heterocycles. The molecule has 3 N–H and O–H groups in total. The van der Waals surface area contributed by atoms with Crippen LogP contribution in [0.2, 0.25) is 0 Å². The Labute approximate surface area is 124 Å². The average molecular weight is 349 g/mol. The van der Waals surface area contributed by atoms with E-state index in [0.717, 1.165) is 12.8 Å². The van der Waals surface area contributed by atoms with E-state index in [1.54, 1.807) is 19.1 Å². The van der Waals surface area contributed by atoms with E-state index < -0.39 is 15.6 Å². The molecule has 0 amide bonds. The molecule has 1 aromatic rings. The summed E-state index contributed by atoms with van der Waals surface area (Å²) in [4.78, 5) is 0.229. The lowest BCUT2D eigenvalue weighted by Crippen LogP contribution is -2.45. The van der Waals surface area contributed by atoms with Crippen molar-refractivity contribution >= 4 is 31.6 Å². The van der Waals surface area contributed by atoms with Crippen molar-refractivity contribution in [2.45, 2.75) is 51.0 Å². The van der Waals surface area contributed by atoms with Gasteiger partial charge in [-0.2, -0.15) is 0 Å². The first-order valence-corrected chi connectivity index (χ1v) is 8.52. The molecule has 0 spiro atoms. The fourth-order valence-corrected chi connectivity index (χ4v) is 4.20. The van der Waals surface area contributed by atoms with Gasteiger partial charge in [-0.15, -0.1) is 0 Å². The number of hydrogen-bond donors (Lipinski definition) is 2. The quantitative estimate of drug-likeness (QED) is 0.802. The first kappa shape index (κ1) is 16.5. The first-order chi connectivity index (χ1) is 8.65. The Hall–Kier alpha value is -0.590. The summed E-state index contributed by atoms with van der Waals surface area (Å²) < 4.78 is 28.4. The van der Waals surface area contributed by atoms with Gasteiger partial charge < -0.3 is 5.73 Å². The lowest BCUT2D eigenvalue weighted by Gasteiger charge is -2.28. The summed E-state index contributed by atoms with van der Waals surface area (Å²) in [6.07, 6.45) is 1.45. The highest BCUT2D eigenvalue weighted by Gasteiger charge is 2.28. The van der Waals surface area contributed by atoms with Gasteiger partial charge >= 0.3 is 0 Å². The van der Waals surface area contributed by atoms with Gasteiger partial charge in [0.15, 0.2) is 0 Å². The average Bonchev–Trinajstić information content (AvgIpc) is 2.32. The number of anilines is 1. The summed E-state index contributed by atoms with van der Waals surface area (Å²) >= 11 is 3.28. The molecule has 0 aliphatic heterocycles. The predicted octanol–water partition coefficient (Wildman–Crippen LogP) is 3.20. The molecule has 4 nitrogen and oxygen atoms in total. The van der Waals surface area contributed by atoms with Crippen LogP contribution in [-0.4, -0.2) is 14.0 Å². The molecule has 108 valence electrons. The van der Waals surface area contributed by atoms with Gasteiger partial charge in [0.05, 0.1) is 4.90 Å². The molecule has 0 unspecified atom stereocenters. The number of sulfonamides is 1. The van der Waals surface area contributed by atoms with E-state index in [9.17, 15) is 8.42 Å². The molecule has 1 aromatic carbocycles. The summed E-state index contributed by atoms with van der Waals surface area (Å²) in [5.41, 5.74) is 6.42. The molecule has 0 saturated carbocycles. The Morgan fingerprint density at radius 3 is 2.32 bits per heavy atom. The van der Waals surface area contributed by atoms with Crippen molar-refractivity contribution in [3.8, 4) is 0 Å². The minimum absolute atomic E-state index is 0.229. The maximum absolute atomic E-state index is 12.5. The van der Waals surface area contributed by atoms with Gasteiger partial charge in [-0.25, -0.2) is 13.1 Å². The van der Waals surface area contributed by atoms with E-state index >= 15 is 0 Å². The maximum atomic E-state index is 12.5. The van der Waals surface area contributed by atoms with Crippen molar-refractivity contribution in [1.29, 1.82) is 0 Å². The van der Waals surface area contributed by atoms with E-state index in [4.69, 9.17) is 5.73 Å². The summed E-state index contributed by atoms with van der Waals surface area (Å²) in [6.45, 7) is 7.55. The molecule has 0 atom stereocenters. The minimum Gasteiger partial charge on any atom is -0.398 e. The Bertz CT molecular complexity index is 566. The third kappa shape index (κ3) is 3.70. The van der Waals surface area contributed by atoms with Crippen molar-refractivity contribution < 1.29 is 8.42 Å². The van der Waals surface area contributed by atoms with Gasteiger partial charge in [0.1, 0.15) is 0 Å². The molecule has 0 fully saturated rings. The molecule has 1 rings (SSSR count). The number of nitrogen functional groups attached to an aromatic ring is 1. The third-order valence-electron chi connectivity index (χ3n) is 3.60. The zero-order valence-electron chi connectivity index (χ0n) is 11.7. The molecule has 19 heavy (non-hydrogen) atoms. The van der Waals surface area contributed by atoms with E-state index in [-0.39, 0.29) is 4.90 Å². The zero-order valence-corrected chi connectivity index (χ0v) is 14.2. The number of rotatable bonds is 5. The lowest BCUT2D eigenvalue weighted by molar-refractivity contribution is 0.388. The first-order valence-electron chi connectivity index (χ1n) is 6.25. The molecule has 0 heterocycles. The topological polar surface area (TPSA) is 72.2 Å². The van der Waals surface area contributed by atoms with Crippen molar-refractivity contribution in [2.24, 2.45) is 0 Å². The fourth-order valence-electron chi connectivity index (χ4n) is 1.73. The van der Waals surface area contributed by atoms with Crippen LogP contribution in [-0.2, 0) is 10.0 Å². The van der Waals surface area contributed by atoms with E-state index in [1.807, 2.05) is 20.8 Å². The van der Waals surface area contributed by atoms with Crippen LogP contribution in [0.25, 0.3) is 0 Å². The van der Waals surface area contributed by atoms with Crippen molar-refractivity contribution in [2.75, 3.05) is 5.73 Å². The normalized spacial score (nSPS) is 12.7. The Morgan fingerprint density at radius 1 is 1.32 bits per heavy atom. The Morgan fingerprint density at radius 2 is 1.84 bits per heavy atom. The molecule has 0 radical (unpaired) electrons. The van der Waals surface area contributed by atoms with Crippen molar-refractivity contribution in [1.82, 2.24) is 4.72 Å². The molecular weight excluding hydrogens is 328 g/mol. The summed E-state index contributed by atoms with van der Waals surface area (Å²) in [6, 6.07) is 3.28. The monoisotopic (exact) mass is 348 g/mol. The molecule has 0 saturated heterocycles. The molecule has 0 aliphatic rings. The summed E-state index contributed by atoms with van der Waals surface area (Å²) in [5.74, 6) is 0. The molecular formula is C13H21BrN2O2S. The summed E-state index contributed by atoms with van der Waals surface area (Å²) in [7, 11) is -3.58. The highest BCUT2D eigenvalue weighted by Crippen LogP contribution is 2.28. The van der Waals surface area contributed by atoms with Crippen LogP contribution < -0.4 is 10.5 Å². The molecule has 0 bridgehead atoms. The largest absolute Gasteiger partial charge is 0.398 e.